The molecule has 0 spiro atoms. The van der Waals surface area contributed by atoms with E-state index in [2.05, 4.69) is 9.88 Å². The molecule has 1 aliphatic rings. The fourth-order valence-corrected chi connectivity index (χ4v) is 3.62. The number of H-pyrrole nitrogens is 1. The Kier molecular flexibility index (Phi) is 5.61. The minimum atomic E-state index is -0.509. The van der Waals surface area contributed by atoms with Crippen LogP contribution in [0.3, 0.4) is 0 Å². The van der Waals surface area contributed by atoms with Gasteiger partial charge in [-0.25, -0.2) is 0 Å². The lowest BCUT2D eigenvalue weighted by molar-refractivity contribution is 0.0404. The number of aliphatic hydroxyl groups excluding tert-OH is 1. The second-order valence-electron chi connectivity index (χ2n) is 7.09. The van der Waals surface area contributed by atoms with Gasteiger partial charge in [0.2, 0.25) is 0 Å². The fourth-order valence-electron chi connectivity index (χ4n) is 3.62. The maximum absolute atomic E-state index is 10.4. The zero-order valence-electron chi connectivity index (χ0n) is 15.4. The summed E-state index contributed by atoms with van der Waals surface area (Å²) in [6.45, 7) is 2.79. The van der Waals surface area contributed by atoms with Gasteiger partial charge in [0.1, 0.15) is 30.3 Å². The minimum Gasteiger partial charge on any atom is -0.490 e. The largest absolute Gasteiger partial charge is 0.490 e. The van der Waals surface area contributed by atoms with Crippen LogP contribution in [0.15, 0.2) is 60.8 Å². The zero-order chi connectivity index (χ0) is 18.5. The van der Waals surface area contributed by atoms with E-state index in [-0.39, 0.29) is 6.10 Å². The highest BCUT2D eigenvalue weighted by Crippen LogP contribution is 2.24. The molecule has 1 aromatic heterocycles. The van der Waals surface area contributed by atoms with Crippen LogP contribution >= 0.6 is 0 Å². The summed E-state index contributed by atoms with van der Waals surface area (Å²) >= 11 is 0. The molecule has 0 saturated carbocycles. The Balaban J connectivity index is 1.21. The van der Waals surface area contributed by atoms with Crippen molar-refractivity contribution in [2.75, 3.05) is 26.2 Å². The molecule has 2 aromatic carbocycles. The number of fused-ring (bicyclic) bond motifs is 1. The number of nitrogens with one attached hydrogen (secondary N) is 1. The Morgan fingerprint density at radius 1 is 1.04 bits per heavy atom. The van der Waals surface area contributed by atoms with Crippen molar-refractivity contribution in [1.82, 2.24) is 9.88 Å². The average molecular weight is 366 g/mol. The second-order valence-corrected chi connectivity index (χ2v) is 7.09. The lowest BCUT2D eigenvalue weighted by atomic mass is 10.1. The van der Waals surface area contributed by atoms with E-state index in [9.17, 15) is 5.11 Å². The molecule has 27 heavy (non-hydrogen) atoms. The Bertz CT molecular complexity index is 841. The Labute approximate surface area is 159 Å². The zero-order valence-corrected chi connectivity index (χ0v) is 15.4. The molecule has 5 nitrogen and oxygen atoms in total. The highest BCUT2D eigenvalue weighted by Gasteiger charge is 2.22. The van der Waals surface area contributed by atoms with Crippen LogP contribution in [0.1, 0.15) is 12.8 Å². The fraction of sp³-hybridized carbons (Fsp3) is 0.364. The number of aromatic amines is 1. The van der Waals surface area contributed by atoms with Crippen LogP contribution in [0.25, 0.3) is 10.9 Å². The summed E-state index contributed by atoms with van der Waals surface area (Å²) in [6, 6.07) is 17.9. The van der Waals surface area contributed by atoms with E-state index in [1.807, 2.05) is 60.8 Å². The monoisotopic (exact) mass is 366 g/mol. The van der Waals surface area contributed by atoms with Crippen LogP contribution in [-0.2, 0) is 0 Å². The molecular weight excluding hydrogens is 340 g/mol. The number of hydrogen-bond donors (Lipinski definition) is 2. The standard InChI is InChI=1S/C22H26N2O3/c25-17(16-26-22-8-4-7-21-20(22)9-12-23-21)15-24-13-10-19(11-14-24)27-18-5-2-1-3-6-18/h1-9,12,17,19,23,25H,10-11,13-16H2/t17-/m0/s1. The first-order chi connectivity index (χ1) is 13.3. The van der Waals surface area contributed by atoms with Crippen molar-refractivity contribution in [1.29, 1.82) is 0 Å². The van der Waals surface area contributed by atoms with Crippen molar-refractivity contribution in [2.24, 2.45) is 0 Å². The number of ether oxygens (including phenoxy) is 2. The van der Waals surface area contributed by atoms with E-state index in [4.69, 9.17) is 9.47 Å². The summed E-state index contributed by atoms with van der Waals surface area (Å²) in [5, 5.41) is 11.4. The highest BCUT2D eigenvalue weighted by atomic mass is 16.5. The quantitative estimate of drug-likeness (QED) is 0.672. The number of rotatable bonds is 7. The molecule has 5 heteroatoms. The molecule has 1 aliphatic heterocycles. The smallest absolute Gasteiger partial charge is 0.128 e. The van der Waals surface area contributed by atoms with Crippen LogP contribution in [0.5, 0.6) is 11.5 Å². The molecule has 3 aromatic rings. The van der Waals surface area contributed by atoms with E-state index in [1.165, 1.54) is 0 Å². The van der Waals surface area contributed by atoms with Gasteiger partial charge < -0.3 is 24.5 Å². The Morgan fingerprint density at radius 3 is 2.67 bits per heavy atom. The third kappa shape index (κ3) is 4.62. The summed E-state index contributed by atoms with van der Waals surface area (Å²) in [6.07, 6.45) is 3.60. The van der Waals surface area contributed by atoms with Gasteiger partial charge in [-0.3, -0.25) is 0 Å². The first-order valence-corrected chi connectivity index (χ1v) is 9.59. The van der Waals surface area contributed by atoms with E-state index in [0.717, 1.165) is 48.3 Å². The molecule has 2 N–H and O–H groups in total. The van der Waals surface area contributed by atoms with Gasteiger partial charge in [0, 0.05) is 36.7 Å². The number of β-amino-alcohol motifs (C(OH)–C–C–N with tert-alkyl or cyclic N) is 1. The molecule has 2 heterocycles. The lowest BCUT2D eigenvalue weighted by Crippen LogP contribution is -2.43. The summed E-state index contributed by atoms with van der Waals surface area (Å²) < 4.78 is 11.9. The van der Waals surface area contributed by atoms with Gasteiger partial charge in [-0.1, -0.05) is 24.3 Å². The van der Waals surface area contributed by atoms with Crippen LogP contribution in [0, 0.1) is 0 Å². The molecule has 4 rings (SSSR count). The van der Waals surface area contributed by atoms with Crippen molar-refractivity contribution >= 4 is 10.9 Å². The van der Waals surface area contributed by atoms with Crippen molar-refractivity contribution in [3.8, 4) is 11.5 Å². The first kappa shape index (κ1) is 17.9. The predicted octanol–water partition coefficient (Wildman–Crippen LogP) is 3.45. The third-order valence-electron chi connectivity index (χ3n) is 5.04. The molecule has 142 valence electrons. The lowest BCUT2D eigenvalue weighted by Gasteiger charge is -2.33. The Hall–Kier alpha value is -2.50. The molecule has 0 aliphatic carbocycles. The third-order valence-corrected chi connectivity index (χ3v) is 5.04. The van der Waals surface area contributed by atoms with Gasteiger partial charge in [-0.2, -0.15) is 0 Å². The summed E-state index contributed by atoms with van der Waals surface area (Å²) in [4.78, 5) is 5.46. The number of hydrogen-bond acceptors (Lipinski definition) is 4. The van der Waals surface area contributed by atoms with E-state index < -0.39 is 6.10 Å². The molecule has 1 saturated heterocycles. The molecule has 1 fully saturated rings. The van der Waals surface area contributed by atoms with Gasteiger partial charge in [0.25, 0.3) is 0 Å². The Morgan fingerprint density at radius 2 is 1.85 bits per heavy atom. The van der Waals surface area contributed by atoms with Crippen LogP contribution < -0.4 is 9.47 Å². The van der Waals surface area contributed by atoms with Gasteiger partial charge in [0.15, 0.2) is 0 Å². The highest BCUT2D eigenvalue weighted by molar-refractivity contribution is 5.85. The van der Waals surface area contributed by atoms with Crippen LogP contribution in [0.4, 0.5) is 0 Å². The van der Waals surface area contributed by atoms with E-state index in [1.54, 1.807) is 0 Å². The van der Waals surface area contributed by atoms with Gasteiger partial charge in [-0.15, -0.1) is 0 Å². The van der Waals surface area contributed by atoms with Gasteiger partial charge in [0.05, 0.1) is 0 Å². The molecule has 1 atom stereocenters. The SMILES string of the molecule is O[C@H](COc1cccc2[nH]ccc12)CN1CCC(Oc2ccccc2)CC1. The number of piperidine rings is 1. The van der Waals surface area contributed by atoms with Gasteiger partial charge in [-0.05, 0) is 43.2 Å². The topological polar surface area (TPSA) is 57.7 Å². The number of likely N-dealkylation sites (tertiary alicyclic amines) is 1. The first-order valence-electron chi connectivity index (χ1n) is 9.59. The molecular formula is C22H26N2O3. The number of nitrogens with zero attached hydrogens (tertiary/aromatic N) is 1. The van der Waals surface area contributed by atoms with Crippen molar-refractivity contribution in [3.05, 3.63) is 60.8 Å². The predicted molar refractivity (Wildman–Crippen MR) is 106 cm³/mol. The summed E-state index contributed by atoms with van der Waals surface area (Å²) in [7, 11) is 0. The average Bonchev–Trinajstić information content (AvgIpc) is 3.18. The molecule has 0 amide bonds. The van der Waals surface area contributed by atoms with Crippen molar-refractivity contribution < 1.29 is 14.6 Å². The minimum absolute atomic E-state index is 0.253. The van der Waals surface area contributed by atoms with E-state index in [0.29, 0.717) is 13.2 Å². The molecule has 0 radical (unpaired) electrons. The number of aromatic nitrogens is 1. The number of para-hydroxylation sites is 1. The molecule has 0 unspecified atom stereocenters. The number of benzene rings is 2. The van der Waals surface area contributed by atoms with Crippen LogP contribution in [-0.4, -0.2) is 53.4 Å². The van der Waals surface area contributed by atoms with Crippen molar-refractivity contribution in [2.45, 2.75) is 25.0 Å². The van der Waals surface area contributed by atoms with Crippen molar-refractivity contribution in [3.63, 3.8) is 0 Å². The second kappa shape index (κ2) is 8.46. The van der Waals surface area contributed by atoms with Crippen LogP contribution in [0.2, 0.25) is 0 Å². The normalized spacial score (nSPS) is 17.1. The maximum Gasteiger partial charge on any atom is 0.128 e. The van der Waals surface area contributed by atoms with E-state index >= 15 is 0 Å². The maximum atomic E-state index is 10.4. The summed E-state index contributed by atoms with van der Waals surface area (Å²) in [5.74, 6) is 1.74. The van der Waals surface area contributed by atoms with Gasteiger partial charge >= 0.3 is 0 Å². The summed E-state index contributed by atoms with van der Waals surface area (Å²) in [5.41, 5.74) is 1.04. The molecule has 0 bridgehead atoms. The number of aliphatic hydroxyl groups is 1.